The van der Waals surface area contributed by atoms with Gasteiger partial charge in [-0.2, -0.15) is 0 Å². The highest BCUT2D eigenvalue weighted by molar-refractivity contribution is 5.91. The van der Waals surface area contributed by atoms with E-state index < -0.39 is 12.0 Å². The summed E-state index contributed by atoms with van der Waals surface area (Å²) in [5.74, 6) is -0.545. The number of carbonyl (C=O) groups excluding carboxylic acids is 1. The zero-order chi connectivity index (χ0) is 7.44. The van der Waals surface area contributed by atoms with E-state index in [1.54, 1.807) is 6.92 Å². The second kappa shape index (κ2) is 3.25. The Kier molecular flexibility index (Phi) is 2.95. The van der Waals surface area contributed by atoms with E-state index in [0.717, 1.165) is 0 Å². The van der Waals surface area contributed by atoms with Crippen LogP contribution in [0.3, 0.4) is 0 Å². The highest BCUT2D eigenvalue weighted by atomic mass is 16.3. The van der Waals surface area contributed by atoms with Gasteiger partial charge in [0.05, 0.1) is 6.10 Å². The third-order valence-corrected chi connectivity index (χ3v) is 0.890. The van der Waals surface area contributed by atoms with Crippen LogP contribution in [0, 0.1) is 0 Å². The lowest BCUT2D eigenvalue weighted by Gasteiger charge is -2.01. The molecule has 0 spiro atoms. The Hall–Kier alpha value is -0.830. The van der Waals surface area contributed by atoms with Gasteiger partial charge in [0.1, 0.15) is 0 Å². The summed E-state index contributed by atoms with van der Waals surface area (Å²) in [6, 6.07) is 0. The van der Waals surface area contributed by atoms with Crippen LogP contribution < -0.4 is 5.73 Å². The Morgan fingerprint density at radius 1 is 1.89 bits per heavy atom. The molecule has 0 rings (SSSR count). The van der Waals surface area contributed by atoms with Gasteiger partial charge in [-0.3, -0.25) is 4.79 Å². The van der Waals surface area contributed by atoms with E-state index in [1.165, 1.54) is 0 Å². The van der Waals surface area contributed by atoms with Gasteiger partial charge < -0.3 is 10.8 Å². The van der Waals surface area contributed by atoms with Gasteiger partial charge in [-0.15, -0.1) is 0 Å². The van der Waals surface area contributed by atoms with Gasteiger partial charge in [0, 0.05) is 12.0 Å². The molecule has 0 aromatic heterocycles. The maximum Gasteiger partial charge on any atom is 0.244 e. The van der Waals surface area contributed by atoms with Crippen molar-refractivity contribution < 1.29 is 9.90 Å². The summed E-state index contributed by atoms with van der Waals surface area (Å²) in [5, 5.41) is 8.70. The first-order valence-electron chi connectivity index (χ1n) is 2.69. The van der Waals surface area contributed by atoms with Crippen LogP contribution in [0.4, 0.5) is 0 Å². The smallest absolute Gasteiger partial charge is 0.244 e. The maximum atomic E-state index is 10.2. The van der Waals surface area contributed by atoms with Crippen molar-refractivity contribution in [1.82, 2.24) is 0 Å². The van der Waals surface area contributed by atoms with E-state index in [4.69, 9.17) is 10.8 Å². The van der Waals surface area contributed by atoms with Gasteiger partial charge in [-0.05, 0) is 6.92 Å². The monoisotopic (exact) mass is 129 g/mol. The minimum atomic E-state index is -0.545. The second-order valence-corrected chi connectivity index (χ2v) is 2.02. The summed E-state index contributed by atoms with van der Waals surface area (Å²) in [4.78, 5) is 10.2. The fraction of sp³-hybridized carbons (Fsp3) is 0.500. The van der Waals surface area contributed by atoms with Crippen LogP contribution in [0.2, 0.25) is 0 Å². The molecule has 0 heterocycles. The van der Waals surface area contributed by atoms with Crippen LogP contribution in [0.5, 0.6) is 0 Å². The number of aliphatic hydroxyl groups excluding tert-OH is 1. The van der Waals surface area contributed by atoms with Crippen molar-refractivity contribution in [2.45, 2.75) is 19.4 Å². The summed E-state index contributed by atoms with van der Waals surface area (Å²) < 4.78 is 0. The quantitative estimate of drug-likeness (QED) is 0.518. The van der Waals surface area contributed by atoms with Gasteiger partial charge >= 0.3 is 0 Å². The molecule has 0 saturated carbocycles. The Morgan fingerprint density at radius 3 is 2.44 bits per heavy atom. The third kappa shape index (κ3) is 3.73. The minimum Gasteiger partial charge on any atom is -0.393 e. The number of rotatable bonds is 3. The Labute approximate surface area is 54.2 Å². The molecule has 0 aliphatic rings. The standard InChI is InChI=1S/C6H11NO2/c1-4(6(7)9)3-5(2)8/h5,8H,1,3H2,2H3,(H2,7,9). The highest BCUT2D eigenvalue weighted by Gasteiger charge is 2.03. The fourth-order valence-corrected chi connectivity index (χ4v) is 0.457. The molecular weight excluding hydrogens is 118 g/mol. The highest BCUT2D eigenvalue weighted by Crippen LogP contribution is 1.99. The summed E-state index contributed by atoms with van der Waals surface area (Å²) in [6.07, 6.45) is -0.278. The molecule has 0 fully saturated rings. The zero-order valence-corrected chi connectivity index (χ0v) is 5.42. The summed E-state index contributed by atoms with van der Waals surface area (Å²) in [5.41, 5.74) is 5.10. The average molecular weight is 129 g/mol. The van der Waals surface area contributed by atoms with Gasteiger partial charge in [-0.1, -0.05) is 6.58 Å². The number of nitrogens with two attached hydrogens (primary N) is 1. The molecule has 0 aliphatic carbocycles. The Morgan fingerprint density at radius 2 is 2.33 bits per heavy atom. The first kappa shape index (κ1) is 8.17. The molecule has 0 radical (unpaired) electrons. The molecule has 0 bridgehead atoms. The first-order chi connectivity index (χ1) is 4.04. The van der Waals surface area contributed by atoms with Crippen molar-refractivity contribution in [3.63, 3.8) is 0 Å². The van der Waals surface area contributed by atoms with Crippen molar-refractivity contribution >= 4 is 5.91 Å². The van der Waals surface area contributed by atoms with Crippen LogP contribution in [0.15, 0.2) is 12.2 Å². The topological polar surface area (TPSA) is 63.3 Å². The van der Waals surface area contributed by atoms with Crippen molar-refractivity contribution in [2.24, 2.45) is 5.73 Å². The molecule has 9 heavy (non-hydrogen) atoms. The van der Waals surface area contributed by atoms with E-state index in [9.17, 15) is 4.79 Å². The SMILES string of the molecule is C=C(CC(C)O)C(N)=O. The summed E-state index contributed by atoms with van der Waals surface area (Å²) >= 11 is 0. The van der Waals surface area contributed by atoms with Crippen LogP contribution in [0.1, 0.15) is 13.3 Å². The van der Waals surface area contributed by atoms with E-state index in [1.807, 2.05) is 0 Å². The van der Waals surface area contributed by atoms with Gasteiger partial charge in [0.25, 0.3) is 0 Å². The lowest BCUT2D eigenvalue weighted by atomic mass is 10.1. The largest absolute Gasteiger partial charge is 0.393 e. The third-order valence-electron chi connectivity index (χ3n) is 0.890. The molecule has 1 unspecified atom stereocenters. The molecule has 52 valence electrons. The lowest BCUT2D eigenvalue weighted by molar-refractivity contribution is -0.114. The molecular formula is C6H11NO2. The molecule has 3 N–H and O–H groups in total. The molecule has 0 aromatic rings. The first-order valence-corrected chi connectivity index (χ1v) is 2.69. The van der Waals surface area contributed by atoms with Crippen LogP contribution in [-0.2, 0) is 4.79 Å². The Balaban J connectivity index is 3.65. The van der Waals surface area contributed by atoms with Crippen LogP contribution >= 0.6 is 0 Å². The van der Waals surface area contributed by atoms with Crippen molar-refractivity contribution in [1.29, 1.82) is 0 Å². The van der Waals surface area contributed by atoms with Gasteiger partial charge in [0.15, 0.2) is 0 Å². The molecule has 1 amide bonds. The number of hydrogen-bond acceptors (Lipinski definition) is 2. The van der Waals surface area contributed by atoms with Crippen LogP contribution in [0.25, 0.3) is 0 Å². The predicted molar refractivity (Wildman–Crippen MR) is 34.6 cm³/mol. The number of aliphatic hydroxyl groups is 1. The number of hydrogen-bond donors (Lipinski definition) is 2. The van der Waals surface area contributed by atoms with Crippen molar-refractivity contribution in [2.75, 3.05) is 0 Å². The van der Waals surface area contributed by atoms with Crippen molar-refractivity contribution in [3.8, 4) is 0 Å². The maximum absolute atomic E-state index is 10.2. The normalized spacial score (nSPS) is 12.7. The molecule has 0 saturated heterocycles. The van der Waals surface area contributed by atoms with Gasteiger partial charge in [-0.25, -0.2) is 0 Å². The van der Waals surface area contributed by atoms with Crippen LogP contribution in [-0.4, -0.2) is 17.1 Å². The zero-order valence-electron chi connectivity index (χ0n) is 5.42. The van der Waals surface area contributed by atoms with E-state index >= 15 is 0 Å². The Bertz CT molecular complexity index is 129. The second-order valence-electron chi connectivity index (χ2n) is 2.02. The molecule has 3 nitrogen and oxygen atoms in total. The average Bonchev–Trinajstić information content (AvgIpc) is 1.63. The van der Waals surface area contributed by atoms with E-state index in [-0.39, 0.29) is 12.0 Å². The molecule has 0 aliphatic heterocycles. The fourth-order valence-electron chi connectivity index (χ4n) is 0.457. The van der Waals surface area contributed by atoms with Crippen molar-refractivity contribution in [3.05, 3.63) is 12.2 Å². The predicted octanol–water partition coefficient (Wildman–Crippen LogP) is -0.201. The number of primary amides is 1. The molecule has 1 atom stereocenters. The summed E-state index contributed by atoms with van der Waals surface area (Å²) in [6.45, 7) is 4.94. The van der Waals surface area contributed by atoms with Gasteiger partial charge in [0.2, 0.25) is 5.91 Å². The van der Waals surface area contributed by atoms with E-state index in [2.05, 4.69) is 6.58 Å². The number of carbonyl (C=O) groups is 1. The minimum absolute atomic E-state index is 0.259. The molecule has 0 aromatic carbocycles. The summed E-state index contributed by atoms with van der Waals surface area (Å²) in [7, 11) is 0. The van der Waals surface area contributed by atoms with E-state index in [0.29, 0.717) is 0 Å². The lowest BCUT2D eigenvalue weighted by Crippen LogP contribution is -2.16. The molecule has 3 heteroatoms. The number of amides is 1.